The molecule has 0 saturated carbocycles. The van der Waals surface area contributed by atoms with E-state index in [1.807, 2.05) is 54.6 Å². The summed E-state index contributed by atoms with van der Waals surface area (Å²) in [5, 5.41) is 0. The van der Waals surface area contributed by atoms with Crippen LogP contribution in [0.25, 0.3) is 0 Å². The van der Waals surface area contributed by atoms with Crippen molar-refractivity contribution >= 4 is 23.4 Å². The summed E-state index contributed by atoms with van der Waals surface area (Å²) in [7, 11) is 0. The van der Waals surface area contributed by atoms with Crippen LogP contribution in [0.1, 0.15) is 28.4 Å². The molecule has 0 spiro atoms. The topological polar surface area (TPSA) is 79.4 Å². The zero-order chi connectivity index (χ0) is 25.8. The Morgan fingerprint density at radius 1 is 0.784 bits per heavy atom. The Balaban J connectivity index is 1.37. The SMILES string of the molecule is CC(=O)N1CCN(C(=O)Cc2cccc(N(Cc3ccccc3)C(=O)c3ccc4c(c3)OCO4)c2)CC1. The van der Waals surface area contributed by atoms with Crippen LogP contribution < -0.4 is 14.4 Å². The number of fused-ring (bicyclic) bond motifs is 1. The molecule has 3 amide bonds. The molecule has 0 aliphatic carbocycles. The van der Waals surface area contributed by atoms with Crippen LogP contribution in [-0.4, -0.2) is 60.5 Å². The van der Waals surface area contributed by atoms with E-state index in [1.165, 1.54) is 0 Å². The number of ether oxygens (including phenoxy) is 2. The molecule has 37 heavy (non-hydrogen) atoms. The molecule has 8 nitrogen and oxygen atoms in total. The van der Waals surface area contributed by atoms with Crippen molar-refractivity contribution < 1.29 is 23.9 Å². The highest BCUT2D eigenvalue weighted by Gasteiger charge is 2.24. The molecule has 3 aromatic carbocycles. The molecule has 0 bridgehead atoms. The minimum Gasteiger partial charge on any atom is -0.454 e. The number of carbonyl (C=O) groups excluding carboxylic acids is 3. The number of amides is 3. The second-order valence-electron chi connectivity index (χ2n) is 9.18. The maximum Gasteiger partial charge on any atom is 0.258 e. The average molecular weight is 500 g/mol. The van der Waals surface area contributed by atoms with E-state index < -0.39 is 0 Å². The zero-order valence-corrected chi connectivity index (χ0v) is 20.8. The van der Waals surface area contributed by atoms with Crippen LogP contribution in [0.4, 0.5) is 5.69 Å². The summed E-state index contributed by atoms with van der Waals surface area (Å²) < 4.78 is 10.9. The highest BCUT2D eigenvalue weighted by Crippen LogP contribution is 2.33. The lowest BCUT2D eigenvalue weighted by atomic mass is 10.1. The summed E-state index contributed by atoms with van der Waals surface area (Å²) in [5.41, 5.74) is 3.01. The molecule has 1 fully saturated rings. The van der Waals surface area contributed by atoms with E-state index in [0.29, 0.717) is 55.5 Å². The van der Waals surface area contributed by atoms with E-state index in [9.17, 15) is 14.4 Å². The Bertz CT molecular complexity index is 1300. The summed E-state index contributed by atoms with van der Waals surface area (Å²) in [6.45, 7) is 4.22. The lowest BCUT2D eigenvalue weighted by molar-refractivity contribution is -0.138. The molecule has 2 aliphatic heterocycles. The van der Waals surface area contributed by atoms with Gasteiger partial charge in [-0.1, -0.05) is 42.5 Å². The summed E-state index contributed by atoms with van der Waals surface area (Å²) in [4.78, 5) is 43.6. The minimum atomic E-state index is -0.175. The first-order valence-electron chi connectivity index (χ1n) is 12.4. The molecule has 0 N–H and O–H groups in total. The van der Waals surface area contributed by atoms with Crippen molar-refractivity contribution in [3.05, 3.63) is 89.5 Å². The van der Waals surface area contributed by atoms with Gasteiger partial charge in [0.25, 0.3) is 5.91 Å². The molecule has 0 atom stereocenters. The van der Waals surface area contributed by atoms with Gasteiger partial charge in [-0.15, -0.1) is 0 Å². The second-order valence-corrected chi connectivity index (χ2v) is 9.18. The van der Waals surface area contributed by atoms with E-state index in [2.05, 4.69) is 0 Å². The van der Waals surface area contributed by atoms with E-state index in [4.69, 9.17) is 9.47 Å². The number of anilines is 1. The van der Waals surface area contributed by atoms with Crippen LogP contribution in [0.3, 0.4) is 0 Å². The Hall–Kier alpha value is -4.33. The van der Waals surface area contributed by atoms with Crippen molar-refractivity contribution in [1.82, 2.24) is 9.80 Å². The third-order valence-electron chi connectivity index (χ3n) is 6.70. The predicted octanol–water partition coefficient (Wildman–Crippen LogP) is 3.50. The first-order chi connectivity index (χ1) is 18.0. The fourth-order valence-corrected chi connectivity index (χ4v) is 4.62. The van der Waals surface area contributed by atoms with Crippen molar-refractivity contribution in [1.29, 1.82) is 0 Å². The zero-order valence-electron chi connectivity index (χ0n) is 20.8. The number of carbonyl (C=O) groups is 3. The molecular formula is C29H29N3O5. The van der Waals surface area contributed by atoms with E-state index in [-0.39, 0.29) is 30.9 Å². The van der Waals surface area contributed by atoms with Crippen molar-refractivity contribution in [3.63, 3.8) is 0 Å². The van der Waals surface area contributed by atoms with Crippen molar-refractivity contribution in [2.75, 3.05) is 37.9 Å². The number of hydrogen-bond acceptors (Lipinski definition) is 5. The highest BCUT2D eigenvalue weighted by molar-refractivity contribution is 6.06. The minimum absolute atomic E-state index is 0.0112. The van der Waals surface area contributed by atoms with Gasteiger partial charge in [-0.05, 0) is 41.5 Å². The molecule has 0 radical (unpaired) electrons. The van der Waals surface area contributed by atoms with E-state index in [1.54, 1.807) is 39.8 Å². The van der Waals surface area contributed by atoms with Gasteiger partial charge in [0.2, 0.25) is 18.6 Å². The molecule has 190 valence electrons. The largest absolute Gasteiger partial charge is 0.454 e. The van der Waals surface area contributed by atoms with Gasteiger partial charge in [0.05, 0.1) is 13.0 Å². The Morgan fingerprint density at radius 3 is 2.24 bits per heavy atom. The lowest BCUT2D eigenvalue weighted by Crippen LogP contribution is -2.50. The van der Waals surface area contributed by atoms with Gasteiger partial charge in [0, 0.05) is 44.4 Å². The van der Waals surface area contributed by atoms with Crippen molar-refractivity contribution in [2.24, 2.45) is 0 Å². The molecule has 2 heterocycles. The third kappa shape index (κ3) is 5.58. The molecule has 2 aliphatic rings. The summed E-state index contributed by atoms with van der Waals surface area (Å²) in [5.74, 6) is 1.04. The van der Waals surface area contributed by atoms with Gasteiger partial charge in [-0.2, -0.15) is 0 Å². The van der Waals surface area contributed by atoms with E-state index >= 15 is 0 Å². The van der Waals surface area contributed by atoms with Crippen LogP contribution in [0.5, 0.6) is 11.5 Å². The predicted molar refractivity (Wildman–Crippen MR) is 139 cm³/mol. The molecule has 0 unspecified atom stereocenters. The molecule has 3 aromatic rings. The maximum absolute atomic E-state index is 13.7. The molecule has 0 aromatic heterocycles. The highest BCUT2D eigenvalue weighted by atomic mass is 16.7. The van der Waals surface area contributed by atoms with Crippen LogP contribution >= 0.6 is 0 Å². The van der Waals surface area contributed by atoms with Gasteiger partial charge in [0.1, 0.15) is 0 Å². The van der Waals surface area contributed by atoms with Gasteiger partial charge < -0.3 is 24.2 Å². The molecule has 5 rings (SSSR count). The average Bonchev–Trinajstić information content (AvgIpc) is 3.40. The lowest BCUT2D eigenvalue weighted by Gasteiger charge is -2.34. The van der Waals surface area contributed by atoms with Gasteiger partial charge >= 0.3 is 0 Å². The quantitative estimate of drug-likeness (QED) is 0.519. The van der Waals surface area contributed by atoms with Crippen LogP contribution in [-0.2, 0) is 22.6 Å². The Morgan fingerprint density at radius 2 is 1.49 bits per heavy atom. The molecule has 1 saturated heterocycles. The molecular weight excluding hydrogens is 470 g/mol. The number of benzene rings is 3. The van der Waals surface area contributed by atoms with Crippen LogP contribution in [0, 0.1) is 0 Å². The second kappa shape index (κ2) is 10.7. The first-order valence-corrected chi connectivity index (χ1v) is 12.4. The number of hydrogen-bond donors (Lipinski definition) is 0. The third-order valence-corrected chi connectivity index (χ3v) is 6.70. The Labute approximate surface area is 216 Å². The normalized spacial score (nSPS) is 14.4. The van der Waals surface area contributed by atoms with Gasteiger partial charge in [0.15, 0.2) is 11.5 Å². The monoisotopic (exact) mass is 499 g/mol. The fraction of sp³-hybridized carbons (Fsp3) is 0.276. The summed E-state index contributed by atoms with van der Waals surface area (Å²) in [6, 6.07) is 22.5. The Kier molecular flexibility index (Phi) is 7.07. The van der Waals surface area contributed by atoms with Crippen molar-refractivity contribution in [3.8, 4) is 11.5 Å². The van der Waals surface area contributed by atoms with E-state index in [0.717, 1.165) is 11.1 Å². The maximum atomic E-state index is 13.7. The summed E-state index contributed by atoms with van der Waals surface area (Å²) in [6.07, 6.45) is 0.227. The van der Waals surface area contributed by atoms with Gasteiger partial charge in [-0.3, -0.25) is 14.4 Å². The van der Waals surface area contributed by atoms with Crippen molar-refractivity contribution in [2.45, 2.75) is 19.9 Å². The standard InChI is InChI=1S/C29H29N3O5/c1-21(33)30-12-14-31(15-13-30)28(34)17-23-8-5-9-25(16-23)32(19-22-6-3-2-4-7-22)29(35)24-10-11-26-27(18-24)37-20-36-26/h2-11,16,18H,12-15,17,19-20H2,1H3. The van der Waals surface area contributed by atoms with Crippen LogP contribution in [0.15, 0.2) is 72.8 Å². The summed E-state index contributed by atoms with van der Waals surface area (Å²) >= 11 is 0. The van der Waals surface area contributed by atoms with Crippen LogP contribution in [0.2, 0.25) is 0 Å². The molecule has 8 heteroatoms. The number of nitrogens with zero attached hydrogens (tertiary/aromatic N) is 3. The number of piperazine rings is 1. The van der Waals surface area contributed by atoms with Gasteiger partial charge in [-0.25, -0.2) is 0 Å². The number of rotatable bonds is 6. The fourth-order valence-electron chi connectivity index (χ4n) is 4.62. The first kappa shape index (κ1) is 24.4. The smallest absolute Gasteiger partial charge is 0.258 e.